The van der Waals surface area contributed by atoms with Gasteiger partial charge < -0.3 is 18.9 Å². The summed E-state index contributed by atoms with van der Waals surface area (Å²) >= 11 is 0. The summed E-state index contributed by atoms with van der Waals surface area (Å²) in [6, 6.07) is 7.34. The van der Waals surface area contributed by atoms with Crippen molar-refractivity contribution in [1.82, 2.24) is 0 Å². The summed E-state index contributed by atoms with van der Waals surface area (Å²) in [5, 5.41) is 0. The van der Waals surface area contributed by atoms with E-state index >= 15 is 0 Å². The van der Waals surface area contributed by atoms with Gasteiger partial charge in [0, 0.05) is 7.11 Å². The Hall–Kier alpha value is -1.26. The Morgan fingerprint density at radius 3 is 2.33 bits per heavy atom. The van der Waals surface area contributed by atoms with Crippen LogP contribution in [0.1, 0.15) is 6.92 Å². The number of rotatable bonds is 6. The molecular formula is C11H16O4. The minimum absolute atomic E-state index is 0.521. The zero-order valence-corrected chi connectivity index (χ0v) is 9.23. The van der Waals surface area contributed by atoms with Crippen molar-refractivity contribution in [3.8, 4) is 11.5 Å². The highest BCUT2D eigenvalue weighted by atomic mass is 16.8. The summed E-state index contributed by atoms with van der Waals surface area (Å²) in [6.45, 7) is 1.69. The number of benzene rings is 1. The molecule has 0 spiro atoms. The number of ether oxygens (including phenoxy) is 4. The van der Waals surface area contributed by atoms with Crippen molar-refractivity contribution in [3.05, 3.63) is 24.3 Å². The van der Waals surface area contributed by atoms with Crippen molar-refractivity contribution in [2.45, 2.75) is 13.4 Å². The van der Waals surface area contributed by atoms with Crippen LogP contribution in [0.3, 0.4) is 0 Å². The zero-order chi connectivity index (χ0) is 11.1. The van der Waals surface area contributed by atoms with E-state index in [-0.39, 0.29) is 0 Å². The third-order valence-electron chi connectivity index (χ3n) is 1.79. The molecule has 0 N–H and O–H groups in total. The van der Waals surface area contributed by atoms with Gasteiger partial charge in [-0.1, -0.05) is 12.1 Å². The maximum absolute atomic E-state index is 5.46. The predicted molar refractivity (Wildman–Crippen MR) is 56.0 cm³/mol. The molecule has 15 heavy (non-hydrogen) atoms. The van der Waals surface area contributed by atoms with E-state index in [0.717, 1.165) is 0 Å². The molecule has 0 aliphatic heterocycles. The van der Waals surface area contributed by atoms with E-state index in [2.05, 4.69) is 0 Å². The molecule has 0 aromatic heterocycles. The van der Waals surface area contributed by atoms with Gasteiger partial charge in [-0.2, -0.15) is 0 Å². The van der Waals surface area contributed by atoms with Crippen LogP contribution < -0.4 is 9.47 Å². The summed E-state index contributed by atoms with van der Waals surface area (Å²) in [6.07, 6.45) is 0. The van der Waals surface area contributed by atoms with Gasteiger partial charge in [0.1, 0.15) is 0 Å². The largest absolute Gasteiger partial charge is 0.493 e. The fourth-order valence-corrected chi connectivity index (χ4v) is 1.11. The Kier molecular flexibility index (Phi) is 4.93. The molecule has 0 saturated carbocycles. The van der Waals surface area contributed by atoms with Gasteiger partial charge in [-0.25, -0.2) is 0 Å². The second-order valence-corrected chi connectivity index (χ2v) is 2.75. The van der Waals surface area contributed by atoms with Gasteiger partial charge in [-0.3, -0.25) is 0 Å². The molecule has 4 heteroatoms. The number of para-hydroxylation sites is 2. The smallest absolute Gasteiger partial charge is 0.315 e. The average molecular weight is 212 g/mol. The van der Waals surface area contributed by atoms with E-state index in [1.165, 1.54) is 7.11 Å². The molecule has 0 heterocycles. The Labute approximate surface area is 89.7 Å². The first kappa shape index (κ1) is 11.8. The first-order chi connectivity index (χ1) is 7.31. The van der Waals surface area contributed by atoms with Crippen LogP contribution in [0, 0.1) is 0 Å². The van der Waals surface area contributed by atoms with Gasteiger partial charge in [0.15, 0.2) is 11.5 Å². The fraction of sp³-hybridized carbons (Fsp3) is 0.455. The molecule has 0 saturated heterocycles. The van der Waals surface area contributed by atoms with E-state index in [0.29, 0.717) is 18.1 Å². The first-order valence-corrected chi connectivity index (χ1v) is 4.75. The minimum atomic E-state index is -0.703. The maximum Gasteiger partial charge on any atom is 0.315 e. The molecule has 1 aromatic rings. The first-order valence-electron chi connectivity index (χ1n) is 4.75. The van der Waals surface area contributed by atoms with Crippen molar-refractivity contribution in [3.63, 3.8) is 0 Å². The molecule has 0 radical (unpaired) electrons. The summed E-state index contributed by atoms with van der Waals surface area (Å²) < 4.78 is 20.8. The zero-order valence-electron chi connectivity index (χ0n) is 9.23. The van der Waals surface area contributed by atoms with Crippen LogP contribution in [0.2, 0.25) is 0 Å². The third-order valence-corrected chi connectivity index (χ3v) is 1.79. The van der Waals surface area contributed by atoms with Crippen molar-refractivity contribution in [2.24, 2.45) is 0 Å². The van der Waals surface area contributed by atoms with Crippen LogP contribution in [0.25, 0.3) is 0 Å². The Morgan fingerprint density at radius 2 is 1.80 bits per heavy atom. The SMILES string of the molecule is CCOC(OC)Oc1ccccc1OC. The highest BCUT2D eigenvalue weighted by Crippen LogP contribution is 2.26. The Bertz CT molecular complexity index is 288. The van der Waals surface area contributed by atoms with Crippen LogP contribution >= 0.6 is 0 Å². The number of hydrogen-bond donors (Lipinski definition) is 0. The molecule has 0 aliphatic rings. The molecule has 0 amide bonds. The van der Waals surface area contributed by atoms with Gasteiger partial charge in [0.05, 0.1) is 13.7 Å². The van der Waals surface area contributed by atoms with Gasteiger partial charge in [0.25, 0.3) is 0 Å². The highest BCUT2D eigenvalue weighted by molar-refractivity contribution is 5.39. The monoisotopic (exact) mass is 212 g/mol. The fourth-order valence-electron chi connectivity index (χ4n) is 1.11. The Morgan fingerprint density at radius 1 is 1.13 bits per heavy atom. The maximum atomic E-state index is 5.46. The standard InChI is InChI=1S/C11H16O4/c1-4-14-11(13-3)15-10-8-6-5-7-9(10)12-2/h5-8,11H,4H2,1-3H3. The molecule has 1 aromatic carbocycles. The Balaban J connectivity index is 2.69. The summed E-state index contributed by atoms with van der Waals surface area (Å²) in [5.74, 6) is 1.25. The van der Waals surface area contributed by atoms with Crippen LogP contribution in [-0.4, -0.2) is 27.3 Å². The minimum Gasteiger partial charge on any atom is -0.493 e. The second-order valence-electron chi connectivity index (χ2n) is 2.75. The molecule has 84 valence electrons. The number of hydrogen-bond acceptors (Lipinski definition) is 4. The van der Waals surface area contributed by atoms with E-state index in [1.807, 2.05) is 25.1 Å². The van der Waals surface area contributed by atoms with Crippen molar-refractivity contribution < 1.29 is 18.9 Å². The lowest BCUT2D eigenvalue weighted by molar-refractivity contribution is -0.231. The second kappa shape index (κ2) is 6.27. The van der Waals surface area contributed by atoms with Gasteiger partial charge in [-0.05, 0) is 19.1 Å². The normalized spacial score (nSPS) is 12.2. The highest BCUT2D eigenvalue weighted by Gasteiger charge is 2.11. The quantitative estimate of drug-likeness (QED) is 0.676. The van der Waals surface area contributed by atoms with Crippen LogP contribution in [0.4, 0.5) is 0 Å². The molecule has 1 atom stereocenters. The topological polar surface area (TPSA) is 36.9 Å². The summed E-state index contributed by atoms with van der Waals surface area (Å²) in [5.41, 5.74) is 0. The predicted octanol–water partition coefficient (Wildman–Crippen LogP) is 2.04. The molecule has 1 rings (SSSR count). The lowest BCUT2D eigenvalue weighted by Gasteiger charge is -2.18. The average Bonchev–Trinajstić information content (AvgIpc) is 2.29. The van der Waals surface area contributed by atoms with E-state index in [4.69, 9.17) is 18.9 Å². The van der Waals surface area contributed by atoms with Crippen LogP contribution in [0.5, 0.6) is 11.5 Å². The third kappa shape index (κ3) is 3.42. The number of methoxy groups -OCH3 is 2. The van der Waals surface area contributed by atoms with Gasteiger partial charge >= 0.3 is 6.48 Å². The lowest BCUT2D eigenvalue weighted by Crippen LogP contribution is -2.22. The molecule has 0 bridgehead atoms. The van der Waals surface area contributed by atoms with E-state index in [9.17, 15) is 0 Å². The molecule has 0 aliphatic carbocycles. The van der Waals surface area contributed by atoms with Gasteiger partial charge in [-0.15, -0.1) is 0 Å². The van der Waals surface area contributed by atoms with E-state index in [1.54, 1.807) is 13.2 Å². The van der Waals surface area contributed by atoms with Crippen LogP contribution in [-0.2, 0) is 9.47 Å². The van der Waals surface area contributed by atoms with Crippen molar-refractivity contribution in [2.75, 3.05) is 20.8 Å². The lowest BCUT2D eigenvalue weighted by atomic mass is 10.3. The molecular weight excluding hydrogens is 196 g/mol. The van der Waals surface area contributed by atoms with Crippen molar-refractivity contribution >= 4 is 0 Å². The van der Waals surface area contributed by atoms with E-state index < -0.39 is 6.48 Å². The molecule has 4 nitrogen and oxygen atoms in total. The van der Waals surface area contributed by atoms with Gasteiger partial charge in [0.2, 0.25) is 0 Å². The van der Waals surface area contributed by atoms with Crippen molar-refractivity contribution in [1.29, 1.82) is 0 Å². The molecule has 1 unspecified atom stereocenters. The summed E-state index contributed by atoms with van der Waals surface area (Å²) in [7, 11) is 3.11. The van der Waals surface area contributed by atoms with Crippen LogP contribution in [0.15, 0.2) is 24.3 Å². The molecule has 0 fully saturated rings. The summed E-state index contributed by atoms with van der Waals surface area (Å²) in [4.78, 5) is 0.